The van der Waals surface area contributed by atoms with Gasteiger partial charge in [-0.1, -0.05) is 189 Å². The van der Waals surface area contributed by atoms with Gasteiger partial charge >= 0.3 is 0 Å². The van der Waals surface area contributed by atoms with E-state index in [1.54, 1.807) is 0 Å². The fourth-order valence-electron chi connectivity index (χ4n) is 8.17. The molecule has 0 radical (unpaired) electrons. The fraction of sp³-hybridized carbons (Fsp3) is 0.0870. The van der Waals surface area contributed by atoms with Gasteiger partial charge in [0.05, 0.1) is 5.41 Å². The van der Waals surface area contributed by atoms with Gasteiger partial charge in [-0.15, -0.1) is 0 Å². The first kappa shape index (κ1) is 28.1. The Morgan fingerprint density at radius 2 is 1.09 bits per heavy atom. The largest absolute Gasteiger partial charge is 0.0881 e. The number of fused-ring (bicyclic) bond motifs is 7. The minimum atomic E-state index is -0.484. The van der Waals surface area contributed by atoms with E-state index in [9.17, 15) is 0 Å². The van der Waals surface area contributed by atoms with Gasteiger partial charge in [-0.2, -0.15) is 0 Å². The summed E-state index contributed by atoms with van der Waals surface area (Å²) in [6.07, 6.45) is 4.60. The maximum atomic E-state index is 2.44. The molecule has 0 nitrogen and oxygen atoms in total. The highest BCUT2D eigenvalue weighted by Crippen LogP contribution is 2.62. The third kappa shape index (κ3) is 4.16. The molecular formula is C46H34S. The van der Waals surface area contributed by atoms with E-state index in [4.69, 9.17) is 0 Å². The summed E-state index contributed by atoms with van der Waals surface area (Å²) in [5, 5.41) is 2.53. The summed E-state index contributed by atoms with van der Waals surface area (Å²) in [4.78, 5) is 2.69. The summed E-state index contributed by atoms with van der Waals surface area (Å²) in [6, 6.07) is 58.4. The molecule has 2 aliphatic rings. The second kappa shape index (κ2) is 10.7. The van der Waals surface area contributed by atoms with Crippen molar-refractivity contribution in [2.45, 2.75) is 34.5 Å². The monoisotopic (exact) mass is 618 g/mol. The molecule has 0 saturated carbocycles. The molecule has 0 saturated heterocycles. The van der Waals surface area contributed by atoms with Crippen molar-refractivity contribution < 1.29 is 0 Å². The average Bonchev–Trinajstić information content (AvgIpc) is 3.36. The average molecular weight is 619 g/mol. The molecule has 0 spiro atoms. The van der Waals surface area contributed by atoms with Gasteiger partial charge in [-0.25, -0.2) is 0 Å². The van der Waals surface area contributed by atoms with E-state index in [1.165, 1.54) is 76.2 Å². The van der Waals surface area contributed by atoms with Crippen molar-refractivity contribution in [1.82, 2.24) is 0 Å². The third-order valence-electron chi connectivity index (χ3n) is 10.4. The van der Waals surface area contributed by atoms with E-state index in [0.717, 1.165) is 0 Å². The van der Waals surface area contributed by atoms with Gasteiger partial charge in [0.1, 0.15) is 0 Å². The van der Waals surface area contributed by atoms with Crippen LogP contribution in [-0.2, 0) is 10.8 Å². The minimum Gasteiger partial charge on any atom is -0.0881 e. The zero-order valence-corrected chi connectivity index (χ0v) is 27.4. The zero-order chi connectivity index (χ0) is 31.6. The van der Waals surface area contributed by atoms with Crippen molar-refractivity contribution in [2.75, 3.05) is 0 Å². The van der Waals surface area contributed by atoms with Crippen LogP contribution in [0.5, 0.6) is 0 Å². The van der Waals surface area contributed by atoms with E-state index in [2.05, 4.69) is 184 Å². The normalized spacial score (nSPS) is 15.2. The summed E-state index contributed by atoms with van der Waals surface area (Å²) in [5.41, 5.74) is 12.7. The van der Waals surface area contributed by atoms with Gasteiger partial charge in [-0.3, -0.25) is 0 Å². The van der Waals surface area contributed by atoms with Crippen LogP contribution in [0, 0.1) is 0 Å². The SMILES string of the molecule is CC1(C)c2ccccc2-c2c1ccc1c2Sc2c(C=Cc3ccc4ccccc4c3)cccc2C1(c1ccccc1)c1ccccc1. The lowest BCUT2D eigenvalue weighted by Crippen LogP contribution is -2.34. The van der Waals surface area contributed by atoms with Crippen LogP contribution in [0.4, 0.5) is 0 Å². The molecule has 0 aromatic heterocycles. The van der Waals surface area contributed by atoms with Crippen molar-refractivity contribution >= 4 is 34.7 Å². The second-order valence-electron chi connectivity index (χ2n) is 13.3. The summed E-state index contributed by atoms with van der Waals surface area (Å²) in [5.74, 6) is 0. The smallest absolute Gasteiger partial charge is 0.0723 e. The minimum absolute atomic E-state index is 0.0700. The molecule has 9 rings (SSSR count). The number of rotatable bonds is 4. The van der Waals surface area contributed by atoms with E-state index in [1.807, 2.05) is 11.8 Å². The van der Waals surface area contributed by atoms with Crippen LogP contribution < -0.4 is 0 Å². The van der Waals surface area contributed by atoms with Crippen LogP contribution in [-0.4, -0.2) is 0 Å². The number of benzene rings is 7. The van der Waals surface area contributed by atoms with Crippen LogP contribution in [0.15, 0.2) is 168 Å². The predicted octanol–water partition coefficient (Wildman–Crippen LogP) is 12.2. The van der Waals surface area contributed by atoms with E-state index < -0.39 is 5.41 Å². The van der Waals surface area contributed by atoms with Gasteiger partial charge < -0.3 is 0 Å². The molecule has 0 atom stereocenters. The standard InChI is InChI=1S/C46H34S/c1-45(2)38-22-12-11-21-37(38)42-39(45)28-29-41-44(42)47-43-33(27-25-31-24-26-32-14-9-10-15-34(32)30-31)16-13-23-40(43)46(41,35-17-5-3-6-18-35)36-19-7-4-8-20-36/h3-30H,1-2H3. The summed E-state index contributed by atoms with van der Waals surface area (Å²) < 4.78 is 0. The highest BCUT2D eigenvalue weighted by Gasteiger charge is 2.48. The van der Waals surface area contributed by atoms with Gasteiger partial charge in [0.15, 0.2) is 0 Å². The summed E-state index contributed by atoms with van der Waals surface area (Å²) >= 11 is 1.96. The molecule has 224 valence electrons. The molecular weight excluding hydrogens is 585 g/mol. The van der Waals surface area contributed by atoms with Crippen molar-refractivity contribution in [3.8, 4) is 11.1 Å². The lowest BCUT2D eigenvalue weighted by atomic mass is 9.64. The van der Waals surface area contributed by atoms with Crippen LogP contribution >= 0.6 is 11.8 Å². The van der Waals surface area contributed by atoms with Crippen molar-refractivity contribution in [2.24, 2.45) is 0 Å². The Bertz CT molecular complexity index is 2300. The van der Waals surface area contributed by atoms with Crippen LogP contribution in [0.25, 0.3) is 34.1 Å². The first-order valence-corrected chi connectivity index (χ1v) is 17.3. The number of hydrogen-bond acceptors (Lipinski definition) is 1. The van der Waals surface area contributed by atoms with Crippen molar-refractivity contribution in [3.05, 3.63) is 202 Å². The number of hydrogen-bond donors (Lipinski definition) is 0. The second-order valence-corrected chi connectivity index (χ2v) is 14.3. The molecule has 0 amide bonds. The first-order chi connectivity index (χ1) is 23.1. The Labute approximate surface area is 281 Å². The van der Waals surface area contributed by atoms with Crippen LogP contribution in [0.1, 0.15) is 58.4 Å². The topological polar surface area (TPSA) is 0 Å². The Hall–Kier alpha value is -5.11. The Balaban J connectivity index is 1.35. The zero-order valence-electron chi connectivity index (χ0n) is 26.6. The first-order valence-electron chi connectivity index (χ1n) is 16.4. The molecule has 1 aliphatic carbocycles. The highest BCUT2D eigenvalue weighted by atomic mass is 32.2. The maximum absolute atomic E-state index is 2.44. The Morgan fingerprint density at radius 1 is 0.468 bits per heavy atom. The van der Waals surface area contributed by atoms with Crippen molar-refractivity contribution in [1.29, 1.82) is 0 Å². The third-order valence-corrected chi connectivity index (χ3v) is 11.7. The van der Waals surface area contributed by atoms with Gasteiger partial charge in [0.2, 0.25) is 0 Å². The molecule has 0 bridgehead atoms. The summed E-state index contributed by atoms with van der Waals surface area (Å²) in [6.45, 7) is 4.76. The van der Waals surface area contributed by atoms with E-state index in [0.29, 0.717) is 0 Å². The molecule has 1 heteroatoms. The fourth-order valence-corrected chi connectivity index (χ4v) is 9.61. The van der Waals surface area contributed by atoms with Crippen molar-refractivity contribution in [3.63, 3.8) is 0 Å². The Kier molecular flexibility index (Phi) is 6.42. The molecule has 0 N–H and O–H groups in total. The predicted molar refractivity (Wildman–Crippen MR) is 199 cm³/mol. The maximum Gasteiger partial charge on any atom is 0.0723 e. The quantitative estimate of drug-likeness (QED) is 0.177. The van der Waals surface area contributed by atoms with Crippen LogP contribution in [0.3, 0.4) is 0 Å². The molecule has 0 fully saturated rings. The molecule has 0 unspecified atom stereocenters. The molecule has 1 heterocycles. The molecule has 1 aliphatic heterocycles. The van der Waals surface area contributed by atoms with Gasteiger partial charge in [0, 0.05) is 20.8 Å². The molecule has 7 aromatic carbocycles. The molecule has 47 heavy (non-hydrogen) atoms. The van der Waals surface area contributed by atoms with Gasteiger partial charge in [0.25, 0.3) is 0 Å². The summed E-state index contributed by atoms with van der Waals surface area (Å²) in [7, 11) is 0. The van der Waals surface area contributed by atoms with Crippen LogP contribution in [0.2, 0.25) is 0 Å². The highest BCUT2D eigenvalue weighted by molar-refractivity contribution is 7.99. The Morgan fingerprint density at radius 3 is 1.85 bits per heavy atom. The van der Waals surface area contributed by atoms with E-state index in [-0.39, 0.29) is 5.41 Å². The lowest BCUT2D eigenvalue weighted by molar-refractivity contribution is 0.655. The molecule has 7 aromatic rings. The van der Waals surface area contributed by atoms with Gasteiger partial charge in [-0.05, 0) is 66.9 Å². The van der Waals surface area contributed by atoms with E-state index >= 15 is 0 Å². The lowest BCUT2D eigenvalue weighted by Gasteiger charge is -2.43.